The molecule has 94 valence electrons. The number of rotatable bonds is 4. The fourth-order valence-electron chi connectivity index (χ4n) is 1.95. The van der Waals surface area contributed by atoms with Gasteiger partial charge < -0.3 is 15.2 Å². The van der Waals surface area contributed by atoms with Crippen molar-refractivity contribution in [3.05, 3.63) is 28.8 Å². The van der Waals surface area contributed by atoms with Gasteiger partial charge in [0.2, 0.25) is 0 Å². The fourth-order valence-corrected chi connectivity index (χ4v) is 2.13. The van der Waals surface area contributed by atoms with Crippen LogP contribution in [0.25, 0.3) is 0 Å². The molecular formula is C13H18ClNO2. The van der Waals surface area contributed by atoms with Gasteiger partial charge in [-0.15, -0.1) is 0 Å². The van der Waals surface area contributed by atoms with Gasteiger partial charge in [-0.05, 0) is 30.9 Å². The first-order chi connectivity index (χ1) is 8.25. The second-order valence-corrected chi connectivity index (χ2v) is 4.85. The smallest absolute Gasteiger partial charge is 0.0737 e. The molecule has 4 heteroatoms. The predicted molar refractivity (Wildman–Crippen MR) is 69.1 cm³/mol. The average Bonchev–Trinajstić information content (AvgIpc) is 2.33. The Kier molecular flexibility index (Phi) is 4.66. The van der Waals surface area contributed by atoms with Gasteiger partial charge in [0.1, 0.15) is 0 Å². The summed E-state index contributed by atoms with van der Waals surface area (Å²) in [6.07, 6.45) is 2.19. The van der Waals surface area contributed by atoms with Crippen LogP contribution in [0, 0.1) is 5.92 Å². The van der Waals surface area contributed by atoms with E-state index in [4.69, 9.17) is 26.8 Å². The molecule has 1 aromatic rings. The summed E-state index contributed by atoms with van der Waals surface area (Å²) < 4.78 is 11.0. The highest BCUT2D eigenvalue weighted by molar-refractivity contribution is 6.30. The van der Waals surface area contributed by atoms with Gasteiger partial charge in [-0.25, -0.2) is 0 Å². The standard InChI is InChI=1S/C13H18ClNO2/c14-12-2-1-11(13(15)7-12)9-17-8-10-3-5-16-6-4-10/h1-2,7,10H,3-6,8-9,15H2. The molecule has 0 aliphatic carbocycles. The van der Waals surface area contributed by atoms with Crippen LogP contribution in [-0.4, -0.2) is 19.8 Å². The summed E-state index contributed by atoms with van der Waals surface area (Å²) in [6.45, 7) is 3.06. The van der Waals surface area contributed by atoms with Crippen molar-refractivity contribution in [2.45, 2.75) is 19.4 Å². The van der Waals surface area contributed by atoms with Crippen molar-refractivity contribution in [1.29, 1.82) is 0 Å². The monoisotopic (exact) mass is 255 g/mol. The second kappa shape index (κ2) is 6.24. The molecule has 0 aromatic heterocycles. The van der Waals surface area contributed by atoms with Crippen LogP contribution in [0.15, 0.2) is 18.2 Å². The van der Waals surface area contributed by atoms with Gasteiger partial charge in [0.25, 0.3) is 0 Å². The molecular weight excluding hydrogens is 238 g/mol. The Balaban J connectivity index is 1.77. The third-order valence-corrected chi connectivity index (χ3v) is 3.30. The van der Waals surface area contributed by atoms with Gasteiger partial charge >= 0.3 is 0 Å². The van der Waals surface area contributed by atoms with Crippen LogP contribution in [0.1, 0.15) is 18.4 Å². The Morgan fingerprint density at radius 2 is 2.12 bits per heavy atom. The maximum Gasteiger partial charge on any atom is 0.0737 e. The van der Waals surface area contributed by atoms with Crippen LogP contribution in [0.2, 0.25) is 5.02 Å². The predicted octanol–water partition coefficient (Wildman–Crippen LogP) is 2.87. The third kappa shape index (κ3) is 3.87. The topological polar surface area (TPSA) is 44.5 Å². The zero-order valence-corrected chi connectivity index (χ0v) is 10.6. The summed E-state index contributed by atoms with van der Waals surface area (Å²) in [4.78, 5) is 0. The SMILES string of the molecule is Nc1cc(Cl)ccc1COCC1CCOCC1. The maximum absolute atomic E-state index is 5.86. The number of hydrogen-bond donors (Lipinski definition) is 1. The van der Waals surface area contributed by atoms with E-state index in [1.165, 1.54) is 0 Å². The molecule has 3 nitrogen and oxygen atoms in total. The summed E-state index contributed by atoms with van der Waals surface area (Å²) in [7, 11) is 0. The molecule has 1 aliphatic rings. The summed E-state index contributed by atoms with van der Waals surface area (Å²) >= 11 is 5.84. The first-order valence-corrected chi connectivity index (χ1v) is 6.33. The lowest BCUT2D eigenvalue weighted by molar-refractivity contribution is 0.0158. The molecule has 1 fully saturated rings. The minimum atomic E-state index is 0.556. The minimum Gasteiger partial charge on any atom is -0.398 e. The Labute approximate surface area is 107 Å². The first kappa shape index (κ1) is 12.7. The quantitative estimate of drug-likeness (QED) is 0.842. The number of nitrogens with two attached hydrogens (primary N) is 1. The Bertz CT molecular complexity index is 364. The average molecular weight is 256 g/mol. The van der Waals surface area contributed by atoms with E-state index in [1.54, 1.807) is 6.07 Å². The van der Waals surface area contributed by atoms with Crippen molar-refractivity contribution in [3.8, 4) is 0 Å². The highest BCUT2D eigenvalue weighted by Crippen LogP contribution is 2.20. The summed E-state index contributed by atoms with van der Waals surface area (Å²) in [5.41, 5.74) is 7.56. The fraction of sp³-hybridized carbons (Fsp3) is 0.538. The zero-order chi connectivity index (χ0) is 12.1. The van der Waals surface area contributed by atoms with Crippen LogP contribution in [0.3, 0.4) is 0 Å². The van der Waals surface area contributed by atoms with Gasteiger partial charge in [-0.3, -0.25) is 0 Å². The number of ether oxygens (including phenoxy) is 2. The molecule has 1 heterocycles. The van der Waals surface area contributed by atoms with Crippen molar-refractivity contribution in [3.63, 3.8) is 0 Å². The van der Waals surface area contributed by atoms with E-state index in [1.807, 2.05) is 12.1 Å². The number of anilines is 1. The summed E-state index contributed by atoms with van der Waals surface area (Å²) in [6, 6.07) is 5.52. The Morgan fingerprint density at radius 1 is 1.35 bits per heavy atom. The molecule has 2 N–H and O–H groups in total. The van der Waals surface area contributed by atoms with Gasteiger partial charge in [-0.1, -0.05) is 17.7 Å². The molecule has 0 spiro atoms. The minimum absolute atomic E-state index is 0.556. The Hall–Kier alpha value is -0.770. The van der Waals surface area contributed by atoms with E-state index in [9.17, 15) is 0 Å². The highest BCUT2D eigenvalue weighted by Gasteiger charge is 2.13. The van der Waals surface area contributed by atoms with E-state index < -0.39 is 0 Å². The van der Waals surface area contributed by atoms with Crippen molar-refractivity contribution in [2.24, 2.45) is 5.92 Å². The lowest BCUT2D eigenvalue weighted by atomic mass is 10.0. The molecule has 1 aliphatic heterocycles. The van der Waals surface area contributed by atoms with Crippen molar-refractivity contribution in [2.75, 3.05) is 25.6 Å². The van der Waals surface area contributed by atoms with E-state index in [0.717, 1.165) is 38.2 Å². The molecule has 0 saturated carbocycles. The normalized spacial score (nSPS) is 17.2. The van der Waals surface area contributed by atoms with Crippen molar-refractivity contribution < 1.29 is 9.47 Å². The number of halogens is 1. The second-order valence-electron chi connectivity index (χ2n) is 4.41. The van der Waals surface area contributed by atoms with Crippen molar-refractivity contribution >= 4 is 17.3 Å². The number of benzene rings is 1. The van der Waals surface area contributed by atoms with Gasteiger partial charge in [0, 0.05) is 29.5 Å². The van der Waals surface area contributed by atoms with Crippen LogP contribution in [-0.2, 0) is 16.1 Å². The van der Waals surface area contributed by atoms with Gasteiger partial charge in [-0.2, -0.15) is 0 Å². The molecule has 0 atom stereocenters. The molecule has 0 radical (unpaired) electrons. The number of hydrogen-bond acceptors (Lipinski definition) is 3. The van der Waals surface area contributed by atoms with E-state index in [2.05, 4.69) is 0 Å². The molecule has 0 bridgehead atoms. The van der Waals surface area contributed by atoms with E-state index in [0.29, 0.717) is 23.2 Å². The van der Waals surface area contributed by atoms with Crippen LogP contribution in [0.5, 0.6) is 0 Å². The maximum atomic E-state index is 5.86. The third-order valence-electron chi connectivity index (χ3n) is 3.06. The molecule has 0 amide bonds. The molecule has 2 rings (SSSR count). The molecule has 1 aromatic carbocycles. The van der Waals surface area contributed by atoms with Gasteiger partial charge in [0.05, 0.1) is 13.2 Å². The lowest BCUT2D eigenvalue weighted by Gasteiger charge is -2.21. The van der Waals surface area contributed by atoms with Crippen LogP contribution >= 0.6 is 11.6 Å². The largest absolute Gasteiger partial charge is 0.398 e. The van der Waals surface area contributed by atoms with E-state index in [-0.39, 0.29) is 0 Å². The summed E-state index contributed by atoms with van der Waals surface area (Å²) in [5.74, 6) is 0.622. The highest BCUT2D eigenvalue weighted by atomic mass is 35.5. The summed E-state index contributed by atoms with van der Waals surface area (Å²) in [5, 5.41) is 0.663. The molecule has 17 heavy (non-hydrogen) atoms. The first-order valence-electron chi connectivity index (χ1n) is 5.95. The van der Waals surface area contributed by atoms with Gasteiger partial charge in [0.15, 0.2) is 0 Å². The van der Waals surface area contributed by atoms with Crippen LogP contribution < -0.4 is 5.73 Å². The van der Waals surface area contributed by atoms with Crippen molar-refractivity contribution in [1.82, 2.24) is 0 Å². The number of nitrogen functional groups attached to an aromatic ring is 1. The molecule has 0 unspecified atom stereocenters. The lowest BCUT2D eigenvalue weighted by Crippen LogP contribution is -2.20. The molecule has 1 saturated heterocycles. The van der Waals surface area contributed by atoms with E-state index >= 15 is 0 Å². The van der Waals surface area contributed by atoms with Crippen LogP contribution in [0.4, 0.5) is 5.69 Å². The zero-order valence-electron chi connectivity index (χ0n) is 9.82. The Morgan fingerprint density at radius 3 is 2.82 bits per heavy atom.